The number of thiophene rings is 1. The zero-order chi connectivity index (χ0) is 16.8. The molecule has 0 unspecified atom stereocenters. The highest BCUT2D eigenvalue weighted by atomic mass is 35.5. The van der Waals surface area contributed by atoms with Crippen LogP contribution in [0.15, 0.2) is 40.1 Å². The van der Waals surface area contributed by atoms with Gasteiger partial charge in [-0.15, -0.1) is 11.3 Å². The minimum absolute atomic E-state index is 0.00978. The molecule has 0 saturated carbocycles. The summed E-state index contributed by atoms with van der Waals surface area (Å²) in [6.07, 6.45) is -4.61. The molecule has 8 heteroatoms. The Balaban J connectivity index is 2.17. The number of halogens is 4. The third-order valence-corrected chi connectivity index (χ3v) is 4.41. The molecule has 0 atom stereocenters. The first-order chi connectivity index (χ1) is 10.8. The second-order valence-electron chi connectivity index (χ2n) is 4.69. The number of alkyl halides is 3. The molecule has 2 heterocycles. The number of anilines is 1. The molecule has 0 aliphatic rings. The van der Waals surface area contributed by atoms with Crippen molar-refractivity contribution in [2.45, 2.75) is 6.18 Å². The average Bonchev–Trinajstić information content (AvgIpc) is 3.07. The Morgan fingerprint density at radius 2 is 1.96 bits per heavy atom. The molecule has 0 spiro atoms. The van der Waals surface area contributed by atoms with Gasteiger partial charge in [-0.1, -0.05) is 23.7 Å². The van der Waals surface area contributed by atoms with E-state index in [-0.39, 0.29) is 28.5 Å². The van der Waals surface area contributed by atoms with Gasteiger partial charge in [-0.05, 0) is 29.1 Å². The maximum atomic E-state index is 13.0. The maximum absolute atomic E-state index is 13.0. The summed E-state index contributed by atoms with van der Waals surface area (Å²) in [7, 11) is 0. The number of nitrogen functional groups attached to an aromatic ring is 1. The van der Waals surface area contributed by atoms with Crippen molar-refractivity contribution in [3.8, 4) is 27.5 Å². The molecule has 2 aromatic heterocycles. The molecule has 23 heavy (non-hydrogen) atoms. The van der Waals surface area contributed by atoms with E-state index < -0.39 is 16.8 Å². The van der Waals surface area contributed by atoms with Crippen molar-refractivity contribution >= 4 is 28.8 Å². The molecule has 3 aromatic rings. The molecule has 0 amide bonds. The highest BCUT2D eigenvalue weighted by Gasteiger charge is 2.34. The molecule has 0 saturated heterocycles. The van der Waals surface area contributed by atoms with Crippen LogP contribution in [0.5, 0.6) is 5.75 Å². The van der Waals surface area contributed by atoms with E-state index in [2.05, 4.69) is 0 Å². The first kappa shape index (κ1) is 15.8. The highest BCUT2D eigenvalue weighted by molar-refractivity contribution is 7.13. The topological polar surface area (TPSA) is 59.4 Å². The van der Waals surface area contributed by atoms with Gasteiger partial charge in [-0.25, -0.2) is 0 Å². The number of aromatic hydroxyl groups is 1. The van der Waals surface area contributed by atoms with Crippen LogP contribution in [0.1, 0.15) is 5.56 Å². The van der Waals surface area contributed by atoms with E-state index in [4.69, 9.17) is 21.8 Å². The van der Waals surface area contributed by atoms with E-state index in [1.807, 2.05) is 0 Å². The molecule has 1 aromatic carbocycles. The minimum atomic E-state index is -4.61. The van der Waals surface area contributed by atoms with E-state index in [1.54, 1.807) is 17.5 Å². The smallest absolute Gasteiger partial charge is 0.417 e. The van der Waals surface area contributed by atoms with Gasteiger partial charge in [0.15, 0.2) is 11.5 Å². The third kappa shape index (κ3) is 2.77. The van der Waals surface area contributed by atoms with Crippen LogP contribution in [0, 0.1) is 0 Å². The summed E-state index contributed by atoms with van der Waals surface area (Å²) in [6.45, 7) is 0. The van der Waals surface area contributed by atoms with Gasteiger partial charge >= 0.3 is 6.18 Å². The van der Waals surface area contributed by atoms with Crippen LogP contribution in [-0.4, -0.2) is 5.11 Å². The van der Waals surface area contributed by atoms with E-state index in [1.165, 1.54) is 17.4 Å². The van der Waals surface area contributed by atoms with Crippen molar-refractivity contribution in [1.29, 1.82) is 0 Å². The number of hydrogen-bond donors (Lipinski definition) is 2. The van der Waals surface area contributed by atoms with Crippen molar-refractivity contribution < 1.29 is 22.7 Å². The molecule has 0 fully saturated rings. The van der Waals surface area contributed by atoms with E-state index in [0.29, 0.717) is 4.88 Å². The summed E-state index contributed by atoms with van der Waals surface area (Å²) in [6, 6.07) is 6.74. The van der Waals surface area contributed by atoms with Crippen LogP contribution in [0.2, 0.25) is 5.02 Å². The van der Waals surface area contributed by atoms with Crippen LogP contribution < -0.4 is 5.73 Å². The summed E-state index contributed by atoms with van der Waals surface area (Å²) in [5, 5.41) is 11.7. The molecule has 120 valence electrons. The molecule has 3 rings (SSSR count). The van der Waals surface area contributed by atoms with Crippen LogP contribution in [-0.2, 0) is 6.18 Å². The number of rotatable bonds is 2. The van der Waals surface area contributed by atoms with E-state index in [0.717, 1.165) is 12.1 Å². The summed E-state index contributed by atoms with van der Waals surface area (Å²) in [5.74, 6) is -0.349. The van der Waals surface area contributed by atoms with Gasteiger partial charge in [0.05, 0.1) is 21.0 Å². The molecule has 0 bridgehead atoms. The zero-order valence-corrected chi connectivity index (χ0v) is 12.9. The monoisotopic (exact) mass is 359 g/mol. The highest BCUT2D eigenvalue weighted by Crippen LogP contribution is 2.47. The van der Waals surface area contributed by atoms with Crippen molar-refractivity contribution in [3.63, 3.8) is 0 Å². The fourth-order valence-corrected chi connectivity index (χ4v) is 3.12. The van der Waals surface area contributed by atoms with Crippen LogP contribution in [0.4, 0.5) is 19.1 Å². The van der Waals surface area contributed by atoms with Crippen molar-refractivity contribution in [1.82, 2.24) is 0 Å². The maximum Gasteiger partial charge on any atom is 0.417 e. The Morgan fingerprint density at radius 1 is 1.22 bits per heavy atom. The molecule has 0 radical (unpaired) electrons. The van der Waals surface area contributed by atoms with Crippen molar-refractivity contribution in [3.05, 3.63) is 46.3 Å². The Morgan fingerprint density at radius 3 is 2.57 bits per heavy atom. The Kier molecular flexibility index (Phi) is 3.77. The lowest BCUT2D eigenvalue weighted by Gasteiger charge is -2.10. The lowest BCUT2D eigenvalue weighted by atomic mass is 10.0. The molecule has 0 aliphatic carbocycles. The predicted octanol–water partition coefficient (Wildman–Crippen LogP) is 5.64. The van der Waals surface area contributed by atoms with Gasteiger partial charge in [0, 0.05) is 0 Å². The fraction of sp³-hybridized carbons (Fsp3) is 0.0667. The van der Waals surface area contributed by atoms with Crippen LogP contribution >= 0.6 is 22.9 Å². The second-order valence-corrected chi connectivity index (χ2v) is 6.04. The lowest BCUT2D eigenvalue weighted by molar-refractivity contribution is -0.137. The fourth-order valence-electron chi connectivity index (χ4n) is 2.19. The summed E-state index contributed by atoms with van der Waals surface area (Å²) >= 11 is 6.91. The number of hydrogen-bond acceptors (Lipinski definition) is 4. The minimum Gasteiger partial charge on any atom is -0.504 e. The van der Waals surface area contributed by atoms with Gasteiger partial charge in [-0.2, -0.15) is 13.2 Å². The second kappa shape index (κ2) is 5.50. The SMILES string of the molecule is Nc1oc(-c2cccs2)c(O)c1-c1ccc(Cl)c(C(F)(F)F)c1. The Hall–Kier alpha value is -2.12. The van der Waals surface area contributed by atoms with Gasteiger partial charge in [0.1, 0.15) is 0 Å². The largest absolute Gasteiger partial charge is 0.504 e. The first-order valence-corrected chi connectivity index (χ1v) is 7.57. The summed E-state index contributed by atoms with van der Waals surface area (Å²) < 4.78 is 44.2. The van der Waals surface area contributed by atoms with Crippen molar-refractivity contribution in [2.24, 2.45) is 0 Å². The lowest BCUT2D eigenvalue weighted by Crippen LogP contribution is -2.06. The van der Waals surface area contributed by atoms with Gasteiger partial charge < -0.3 is 15.3 Å². The number of furan rings is 1. The van der Waals surface area contributed by atoms with Crippen LogP contribution in [0.3, 0.4) is 0 Å². The van der Waals surface area contributed by atoms with Gasteiger partial charge in [-0.3, -0.25) is 0 Å². The molecule has 3 nitrogen and oxygen atoms in total. The van der Waals surface area contributed by atoms with Crippen LogP contribution in [0.25, 0.3) is 21.8 Å². The number of benzene rings is 1. The standard InChI is InChI=1S/C15H9ClF3NO2S/c16-9-4-3-7(6-8(9)15(17,18)19)11-12(21)13(22-14(11)20)10-2-1-5-23-10/h1-6,21H,20H2. The Bertz CT molecular complexity index is 856. The predicted molar refractivity (Wildman–Crippen MR) is 83.5 cm³/mol. The van der Waals surface area contributed by atoms with Crippen molar-refractivity contribution in [2.75, 3.05) is 5.73 Å². The molecular weight excluding hydrogens is 351 g/mol. The Labute approximate surface area is 137 Å². The summed E-state index contributed by atoms with van der Waals surface area (Å²) in [4.78, 5) is 0.616. The van der Waals surface area contributed by atoms with E-state index in [9.17, 15) is 18.3 Å². The normalized spacial score (nSPS) is 11.8. The molecule has 0 aliphatic heterocycles. The van der Waals surface area contributed by atoms with Gasteiger partial charge in [0.25, 0.3) is 0 Å². The quantitative estimate of drug-likeness (QED) is 0.623. The number of nitrogens with two attached hydrogens (primary N) is 1. The van der Waals surface area contributed by atoms with Gasteiger partial charge in [0.2, 0.25) is 5.88 Å². The zero-order valence-electron chi connectivity index (χ0n) is 11.3. The van der Waals surface area contributed by atoms with E-state index >= 15 is 0 Å². The average molecular weight is 360 g/mol. The molecule has 3 N–H and O–H groups in total. The summed E-state index contributed by atoms with van der Waals surface area (Å²) in [5.41, 5.74) is 4.82. The molecular formula is C15H9ClF3NO2S. The third-order valence-electron chi connectivity index (χ3n) is 3.22. The first-order valence-electron chi connectivity index (χ1n) is 6.31.